The van der Waals surface area contributed by atoms with Crippen LogP contribution in [0.15, 0.2) is 468 Å². The molecule has 18 heteroatoms. The molecule has 0 spiro atoms. The van der Waals surface area contributed by atoms with Gasteiger partial charge in [-0.2, -0.15) is 0 Å². The van der Waals surface area contributed by atoms with Crippen LogP contribution in [0.2, 0.25) is 0 Å². The third-order valence-electron chi connectivity index (χ3n) is 24.2. The SMILES string of the molecule is Brc1ccc2c(ccc3c4ccccc4oc23)c1.Brc1ccc2c(ccc3c4ccccc4oc23)c1.O=[N+]([O-])c1ccccc1-c1ccc2c(ccc3c4ccccc4oc23)c1.O=[N+]([O-])c1ccccc1B(O)O.Oc1c(-c2ccccc2)ccc2cc(Br)ccc12.c1ccc(P(c2ccccc2)c2ccccc2)cc1.c1ccc2c(c1)Cc1cc3c(ccc4c5ccccc5oc34)cc1-2. The van der Waals surface area contributed by atoms with Crippen LogP contribution in [0.3, 0.4) is 0 Å². The van der Waals surface area contributed by atoms with E-state index in [2.05, 4.69) is 278 Å². The summed E-state index contributed by atoms with van der Waals surface area (Å²) in [6, 6.07) is 146. The first-order valence-electron chi connectivity index (χ1n) is 43.6. The van der Waals surface area contributed by atoms with Crippen molar-refractivity contribution in [1.29, 1.82) is 0 Å². The summed E-state index contributed by atoms with van der Waals surface area (Å²) < 4.78 is 27.4. The lowest BCUT2D eigenvalue weighted by atomic mass is 9.79. The molecule has 0 unspecified atom stereocenters. The van der Waals surface area contributed by atoms with E-state index < -0.39 is 20.0 Å². The summed E-state index contributed by atoms with van der Waals surface area (Å²) in [5.41, 5.74) is 16.1. The molecule has 3 N–H and O–H groups in total. The van der Waals surface area contributed by atoms with Crippen LogP contribution in [-0.2, 0) is 6.42 Å². The lowest BCUT2D eigenvalue weighted by molar-refractivity contribution is -0.384. The van der Waals surface area contributed by atoms with E-state index in [0.717, 1.165) is 124 Å². The maximum atomic E-state index is 11.3. The Bertz CT molecular complexity index is 8550. The molecular formula is C117H77BBr3N2O11P. The van der Waals surface area contributed by atoms with Crippen LogP contribution in [0, 0.1) is 20.2 Å². The smallest absolute Gasteiger partial charge is 0.495 e. The molecule has 0 saturated heterocycles. The number of aromatic hydroxyl groups is 1. The number of benzene rings is 21. The van der Waals surface area contributed by atoms with Crippen LogP contribution in [0.5, 0.6) is 5.75 Å². The quantitative estimate of drug-likeness (QED) is 0.0566. The number of fused-ring (bicyclic) bond motifs is 24. The maximum absolute atomic E-state index is 11.3. The molecular weight excluding hydrogens is 1890 g/mol. The predicted molar refractivity (Wildman–Crippen MR) is 567 cm³/mol. The molecule has 1 aliphatic carbocycles. The summed E-state index contributed by atoms with van der Waals surface area (Å²) in [4.78, 5) is 20.6. The molecule has 650 valence electrons. The van der Waals surface area contributed by atoms with Crippen molar-refractivity contribution in [3.63, 3.8) is 0 Å². The standard InChI is InChI=1S/C23H14O.C22H13NO3.C18H15P.2C16H9BrO.C16H11BrO.C6H6BNO4/c1-2-6-17-14(5-1)11-16-13-21-15(12-20(16)17)9-10-19-18-7-3-4-8-22(18)24-23(19)21;24-23(25)20-7-3-1-5-16(20)14-9-11-17-15(13-14)10-12-19-18-6-2-4-8-21(18)26-22(17)19;1-4-10-16(11-5-1)19(17-12-6-2-7-13-17)18-14-8-3-9-15-18;2*17-11-6-8-12-10(9-11)5-7-14-13-3-1-2-4-15(13)18-16(12)14;17-13-7-9-15-12(10-13)6-8-14(16(15)18)11-4-2-1-3-5-11;9-7(10)5-3-1-2-4-6(5)8(11)12/h1-10,12-13H,11H2;1-13H;1-15H;2*1-9H;1-10,18H;1-4,9-10H. The fourth-order valence-electron chi connectivity index (χ4n) is 17.8. The monoisotopic (exact) mass is 1960 g/mol. The van der Waals surface area contributed by atoms with Crippen LogP contribution >= 0.6 is 55.7 Å². The van der Waals surface area contributed by atoms with E-state index in [9.17, 15) is 25.3 Å². The van der Waals surface area contributed by atoms with Gasteiger partial charge in [0, 0.05) is 101 Å². The number of nitro groups is 2. The molecule has 0 atom stereocenters. The molecule has 0 aliphatic heterocycles. The summed E-state index contributed by atoms with van der Waals surface area (Å²) in [7, 11) is -2.25. The van der Waals surface area contributed by atoms with Crippen LogP contribution in [0.25, 0.3) is 175 Å². The van der Waals surface area contributed by atoms with Crippen LogP contribution < -0.4 is 21.4 Å². The van der Waals surface area contributed by atoms with Crippen molar-refractivity contribution in [1.82, 2.24) is 0 Å². The van der Waals surface area contributed by atoms with Gasteiger partial charge in [-0.15, -0.1) is 0 Å². The topological polar surface area (TPSA) is 200 Å². The van der Waals surface area contributed by atoms with E-state index in [1.165, 1.54) is 122 Å². The minimum atomic E-state index is -1.80. The lowest BCUT2D eigenvalue weighted by Gasteiger charge is -2.18. The van der Waals surface area contributed by atoms with Gasteiger partial charge in [0.1, 0.15) is 50.4 Å². The Morgan fingerprint density at radius 3 is 1.05 bits per heavy atom. The van der Waals surface area contributed by atoms with E-state index >= 15 is 0 Å². The molecule has 0 bridgehead atoms. The molecule has 4 aromatic heterocycles. The number of furan rings is 4. The summed E-state index contributed by atoms with van der Waals surface area (Å²) in [6.07, 6.45) is 1.01. The van der Waals surface area contributed by atoms with Crippen molar-refractivity contribution in [2.24, 2.45) is 0 Å². The predicted octanol–water partition coefficient (Wildman–Crippen LogP) is 31.3. The largest absolute Gasteiger partial charge is 0.507 e. The van der Waals surface area contributed by atoms with Gasteiger partial charge in [0.2, 0.25) is 0 Å². The van der Waals surface area contributed by atoms with Crippen LogP contribution in [0.1, 0.15) is 11.1 Å². The highest BCUT2D eigenvalue weighted by atomic mass is 79.9. The van der Waals surface area contributed by atoms with Gasteiger partial charge in [0.15, 0.2) is 0 Å². The number of phenols is 1. The fraction of sp³-hybridized carbons (Fsp3) is 0.00855. The van der Waals surface area contributed by atoms with Gasteiger partial charge < -0.3 is 32.8 Å². The van der Waals surface area contributed by atoms with Gasteiger partial charge in [-0.3, -0.25) is 20.2 Å². The number of nitro benzene ring substituents is 2. The molecule has 13 nitrogen and oxygen atoms in total. The fourth-order valence-corrected chi connectivity index (χ4v) is 21.3. The highest BCUT2D eigenvalue weighted by Gasteiger charge is 2.25. The second-order valence-corrected chi connectivity index (χ2v) is 37.4. The zero-order valence-corrected chi connectivity index (χ0v) is 77.6. The molecule has 26 rings (SSSR count). The Balaban J connectivity index is 0.0000000986. The Morgan fingerprint density at radius 2 is 0.607 bits per heavy atom. The number of hydrogen-bond donors (Lipinski definition) is 3. The Hall–Kier alpha value is -15.4. The molecule has 0 radical (unpaired) electrons. The van der Waals surface area contributed by atoms with Crippen molar-refractivity contribution in [2.45, 2.75) is 6.42 Å². The molecule has 0 fully saturated rings. The minimum Gasteiger partial charge on any atom is -0.507 e. The van der Waals surface area contributed by atoms with Gasteiger partial charge in [0.25, 0.3) is 11.4 Å². The number of phenolic OH excluding ortho intramolecular Hbond substituents is 1. The molecule has 4 heterocycles. The molecule has 25 aromatic rings. The summed E-state index contributed by atoms with van der Waals surface area (Å²) in [5.74, 6) is 0.339. The molecule has 0 saturated carbocycles. The zero-order chi connectivity index (χ0) is 92.2. The normalized spacial score (nSPS) is 11.3. The number of hydrogen-bond acceptors (Lipinski definition) is 11. The molecule has 1 aliphatic rings. The number of nitrogens with zero attached hydrogens (tertiary/aromatic N) is 2. The number of para-hydroxylation sites is 6. The molecule has 135 heavy (non-hydrogen) atoms. The van der Waals surface area contributed by atoms with Crippen molar-refractivity contribution in [2.75, 3.05) is 0 Å². The first-order valence-corrected chi connectivity index (χ1v) is 47.3. The summed E-state index contributed by atoms with van der Waals surface area (Å²) in [6.45, 7) is 0. The van der Waals surface area contributed by atoms with Gasteiger partial charge >= 0.3 is 7.12 Å². The van der Waals surface area contributed by atoms with E-state index in [1.54, 1.807) is 12.1 Å². The van der Waals surface area contributed by atoms with Gasteiger partial charge in [-0.05, 0) is 224 Å². The van der Waals surface area contributed by atoms with Crippen molar-refractivity contribution in [3.8, 4) is 39.1 Å². The van der Waals surface area contributed by atoms with Crippen LogP contribution in [0.4, 0.5) is 11.4 Å². The number of halogens is 3. The average molecular weight is 1970 g/mol. The third-order valence-corrected chi connectivity index (χ3v) is 28.1. The third kappa shape index (κ3) is 18.1. The second kappa shape index (κ2) is 38.8. The van der Waals surface area contributed by atoms with Gasteiger partial charge in [0.05, 0.1) is 20.9 Å². The van der Waals surface area contributed by atoms with E-state index in [0.29, 0.717) is 11.3 Å². The summed E-state index contributed by atoms with van der Waals surface area (Å²) in [5, 5.41) is 74.0. The first kappa shape index (κ1) is 87.6. The minimum absolute atomic E-state index is 0.0949. The number of rotatable bonds is 8. The maximum Gasteiger partial charge on any atom is 0.495 e. The molecule has 0 amide bonds. The van der Waals surface area contributed by atoms with E-state index in [1.807, 2.05) is 164 Å². The highest BCUT2D eigenvalue weighted by molar-refractivity contribution is 9.11. The molecule has 21 aromatic carbocycles. The van der Waals surface area contributed by atoms with Crippen molar-refractivity contribution < 1.29 is 42.7 Å². The van der Waals surface area contributed by atoms with Crippen molar-refractivity contribution >= 4 is 237 Å². The average Bonchev–Trinajstić information content (AvgIpc) is 1.89. The van der Waals surface area contributed by atoms with E-state index in [-0.39, 0.29) is 21.8 Å². The zero-order valence-electron chi connectivity index (χ0n) is 71.9. The first-order chi connectivity index (χ1) is 66.1. The Labute approximate surface area is 800 Å². The second-order valence-electron chi connectivity index (χ2n) is 32.4. The summed E-state index contributed by atoms with van der Waals surface area (Å²) >= 11 is 10.4. The highest BCUT2D eigenvalue weighted by Crippen LogP contribution is 2.45. The van der Waals surface area contributed by atoms with E-state index in [4.69, 9.17) is 27.7 Å². The van der Waals surface area contributed by atoms with Gasteiger partial charge in [-0.1, -0.05) is 339 Å². The Kier molecular flexibility index (Phi) is 25.2. The van der Waals surface area contributed by atoms with Crippen LogP contribution in [-0.4, -0.2) is 32.1 Å². The van der Waals surface area contributed by atoms with Crippen molar-refractivity contribution in [3.05, 3.63) is 482 Å². The van der Waals surface area contributed by atoms with Gasteiger partial charge in [-0.25, -0.2) is 0 Å². The Morgan fingerprint density at radius 1 is 0.267 bits per heavy atom. The lowest BCUT2D eigenvalue weighted by Crippen LogP contribution is -2.31.